The number of hydrogen-bond donors (Lipinski definition) is 2. The number of amides is 1. The lowest BCUT2D eigenvalue weighted by Crippen LogP contribution is -2.42. The Hall–Kier alpha value is -0.610. The standard InChI is InChI=1S/C11H24N2O2/c1-9(2)13(7-8-14)11(15)10(3)5-4-6-12/h9-10,14H,4-8,12H2,1-3H3. The number of rotatable bonds is 7. The molecule has 1 unspecified atom stereocenters. The molecule has 1 amide bonds. The molecule has 0 spiro atoms. The first-order valence-electron chi connectivity index (χ1n) is 5.66. The minimum atomic E-state index is 0.00231. The quantitative estimate of drug-likeness (QED) is 0.654. The van der Waals surface area contributed by atoms with Gasteiger partial charge < -0.3 is 15.7 Å². The maximum absolute atomic E-state index is 12.0. The fraction of sp³-hybridized carbons (Fsp3) is 0.909. The zero-order chi connectivity index (χ0) is 11.8. The Labute approximate surface area is 92.4 Å². The summed E-state index contributed by atoms with van der Waals surface area (Å²) in [6.07, 6.45) is 1.70. The second kappa shape index (κ2) is 7.65. The summed E-state index contributed by atoms with van der Waals surface area (Å²) in [5.41, 5.74) is 5.41. The predicted octanol–water partition coefficient (Wildman–Crippen LogP) is 0.591. The van der Waals surface area contributed by atoms with Crippen LogP contribution in [-0.2, 0) is 4.79 Å². The van der Waals surface area contributed by atoms with Crippen LogP contribution in [0.4, 0.5) is 0 Å². The van der Waals surface area contributed by atoms with E-state index < -0.39 is 0 Å². The summed E-state index contributed by atoms with van der Waals surface area (Å²) in [7, 11) is 0. The SMILES string of the molecule is CC(CCCN)C(=O)N(CCO)C(C)C. The van der Waals surface area contributed by atoms with E-state index in [1.54, 1.807) is 4.90 Å². The molecule has 0 aromatic heterocycles. The van der Waals surface area contributed by atoms with E-state index in [1.807, 2.05) is 20.8 Å². The van der Waals surface area contributed by atoms with E-state index in [9.17, 15) is 4.79 Å². The lowest BCUT2D eigenvalue weighted by atomic mass is 10.0. The van der Waals surface area contributed by atoms with Gasteiger partial charge in [-0.3, -0.25) is 4.79 Å². The molecule has 0 saturated heterocycles. The lowest BCUT2D eigenvalue weighted by molar-refractivity contribution is -0.137. The Balaban J connectivity index is 4.22. The second-order valence-electron chi connectivity index (χ2n) is 4.18. The molecular weight excluding hydrogens is 192 g/mol. The van der Waals surface area contributed by atoms with E-state index in [-0.39, 0.29) is 24.5 Å². The molecule has 0 saturated carbocycles. The highest BCUT2D eigenvalue weighted by molar-refractivity contribution is 5.78. The lowest BCUT2D eigenvalue weighted by Gasteiger charge is -2.28. The van der Waals surface area contributed by atoms with Gasteiger partial charge in [-0.05, 0) is 33.2 Å². The Morgan fingerprint density at radius 3 is 2.40 bits per heavy atom. The van der Waals surface area contributed by atoms with Crippen LogP contribution in [0.25, 0.3) is 0 Å². The van der Waals surface area contributed by atoms with Crippen LogP contribution >= 0.6 is 0 Å². The van der Waals surface area contributed by atoms with Crippen molar-refractivity contribution in [1.29, 1.82) is 0 Å². The molecule has 0 rings (SSSR count). The zero-order valence-electron chi connectivity index (χ0n) is 10.1. The third-order valence-electron chi connectivity index (χ3n) is 2.51. The Kier molecular flexibility index (Phi) is 7.34. The van der Waals surface area contributed by atoms with Crippen molar-refractivity contribution >= 4 is 5.91 Å². The van der Waals surface area contributed by atoms with E-state index in [0.717, 1.165) is 12.8 Å². The number of aliphatic hydroxyl groups excluding tert-OH is 1. The van der Waals surface area contributed by atoms with Gasteiger partial charge in [-0.25, -0.2) is 0 Å². The van der Waals surface area contributed by atoms with E-state index in [1.165, 1.54) is 0 Å². The van der Waals surface area contributed by atoms with Crippen LogP contribution < -0.4 is 5.73 Å². The molecule has 0 aliphatic heterocycles. The minimum absolute atomic E-state index is 0.00231. The Bertz CT molecular complexity index is 183. The summed E-state index contributed by atoms with van der Waals surface area (Å²) < 4.78 is 0. The van der Waals surface area contributed by atoms with Crippen molar-refractivity contribution < 1.29 is 9.90 Å². The van der Waals surface area contributed by atoms with Gasteiger partial charge >= 0.3 is 0 Å². The van der Waals surface area contributed by atoms with Crippen LogP contribution in [0, 0.1) is 5.92 Å². The number of carbonyl (C=O) groups is 1. The maximum Gasteiger partial charge on any atom is 0.225 e. The molecule has 4 nitrogen and oxygen atoms in total. The maximum atomic E-state index is 12.0. The molecule has 0 radical (unpaired) electrons. The van der Waals surface area contributed by atoms with Crippen molar-refractivity contribution in [3.8, 4) is 0 Å². The largest absolute Gasteiger partial charge is 0.395 e. The Morgan fingerprint density at radius 1 is 1.40 bits per heavy atom. The molecule has 0 aromatic carbocycles. The van der Waals surface area contributed by atoms with Gasteiger partial charge in [0.25, 0.3) is 0 Å². The van der Waals surface area contributed by atoms with Gasteiger partial charge in [-0.15, -0.1) is 0 Å². The van der Waals surface area contributed by atoms with Crippen LogP contribution in [0.2, 0.25) is 0 Å². The van der Waals surface area contributed by atoms with Crippen LogP contribution in [-0.4, -0.2) is 41.7 Å². The first-order valence-corrected chi connectivity index (χ1v) is 5.66. The number of nitrogens with two attached hydrogens (primary N) is 1. The predicted molar refractivity (Wildman–Crippen MR) is 61.4 cm³/mol. The highest BCUT2D eigenvalue weighted by Crippen LogP contribution is 2.11. The highest BCUT2D eigenvalue weighted by atomic mass is 16.3. The van der Waals surface area contributed by atoms with Crippen molar-refractivity contribution in [3.63, 3.8) is 0 Å². The molecular formula is C11H24N2O2. The smallest absolute Gasteiger partial charge is 0.225 e. The molecule has 3 N–H and O–H groups in total. The summed E-state index contributed by atoms with van der Waals surface area (Å²) in [5.74, 6) is 0.120. The van der Waals surface area contributed by atoms with Crippen molar-refractivity contribution in [2.45, 2.75) is 39.7 Å². The topological polar surface area (TPSA) is 66.6 Å². The summed E-state index contributed by atoms with van der Waals surface area (Å²) in [6, 6.07) is 0.143. The van der Waals surface area contributed by atoms with E-state index in [2.05, 4.69) is 0 Å². The van der Waals surface area contributed by atoms with Crippen LogP contribution in [0.5, 0.6) is 0 Å². The number of carbonyl (C=O) groups excluding carboxylic acids is 1. The third-order valence-corrected chi connectivity index (χ3v) is 2.51. The molecule has 0 aliphatic carbocycles. The van der Waals surface area contributed by atoms with Gasteiger partial charge in [0.05, 0.1) is 6.61 Å². The van der Waals surface area contributed by atoms with Gasteiger partial charge in [-0.2, -0.15) is 0 Å². The third kappa shape index (κ3) is 5.14. The van der Waals surface area contributed by atoms with Crippen LogP contribution in [0.1, 0.15) is 33.6 Å². The van der Waals surface area contributed by atoms with Gasteiger partial charge in [0.2, 0.25) is 5.91 Å². The number of hydrogen-bond acceptors (Lipinski definition) is 3. The van der Waals surface area contributed by atoms with E-state index in [0.29, 0.717) is 13.1 Å². The van der Waals surface area contributed by atoms with Gasteiger partial charge in [0, 0.05) is 18.5 Å². The number of nitrogens with zero attached hydrogens (tertiary/aromatic N) is 1. The van der Waals surface area contributed by atoms with E-state index >= 15 is 0 Å². The molecule has 0 heterocycles. The molecule has 0 aromatic rings. The van der Waals surface area contributed by atoms with Crippen molar-refractivity contribution in [2.24, 2.45) is 11.7 Å². The fourth-order valence-corrected chi connectivity index (χ4v) is 1.56. The highest BCUT2D eigenvalue weighted by Gasteiger charge is 2.21. The fourth-order valence-electron chi connectivity index (χ4n) is 1.56. The molecule has 90 valence electrons. The molecule has 1 atom stereocenters. The van der Waals surface area contributed by atoms with Crippen LogP contribution in [0.15, 0.2) is 0 Å². The molecule has 0 bridgehead atoms. The van der Waals surface area contributed by atoms with Crippen LogP contribution in [0.3, 0.4) is 0 Å². The summed E-state index contributed by atoms with van der Waals surface area (Å²) >= 11 is 0. The average molecular weight is 216 g/mol. The monoisotopic (exact) mass is 216 g/mol. The number of aliphatic hydroxyl groups is 1. The van der Waals surface area contributed by atoms with E-state index in [4.69, 9.17) is 10.8 Å². The first kappa shape index (κ1) is 14.4. The summed E-state index contributed by atoms with van der Waals surface area (Å²) in [5, 5.41) is 8.88. The zero-order valence-corrected chi connectivity index (χ0v) is 10.1. The Morgan fingerprint density at radius 2 is 2.00 bits per heavy atom. The summed E-state index contributed by atoms with van der Waals surface area (Å²) in [6.45, 7) is 6.91. The molecule has 4 heteroatoms. The normalized spacial score (nSPS) is 12.9. The first-order chi connectivity index (χ1) is 7.04. The second-order valence-corrected chi connectivity index (χ2v) is 4.18. The van der Waals surface area contributed by atoms with Crippen molar-refractivity contribution in [1.82, 2.24) is 4.90 Å². The minimum Gasteiger partial charge on any atom is -0.395 e. The average Bonchev–Trinajstić information content (AvgIpc) is 2.21. The van der Waals surface area contributed by atoms with Gasteiger partial charge in [-0.1, -0.05) is 6.92 Å². The molecule has 0 aliphatic rings. The van der Waals surface area contributed by atoms with Crippen molar-refractivity contribution in [2.75, 3.05) is 19.7 Å². The van der Waals surface area contributed by atoms with Gasteiger partial charge in [0.1, 0.15) is 0 Å². The summed E-state index contributed by atoms with van der Waals surface area (Å²) in [4.78, 5) is 13.7. The molecule has 15 heavy (non-hydrogen) atoms. The van der Waals surface area contributed by atoms with Gasteiger partial charge in [0.15, 0.2) is 0 Å². The van der Waals surface area contributed by atoms with Crippen molar-refractivity contribution in [3.05, 3.63) is 0 Å². The molecule has 0 fully saturated rings.